The third-order valence-corrected chi connectivity index (χ3v) is 6.00. The van der Waals surface area contributed by atoms with Crippen LogP contribution >= 0.6 is 0 Å². The smallest absolute Gasteiger partial charge is 0.338 e. The van der Waals surface area contributed by atoms with E-state index >= 15 is 0 Å². The van der Waals surface area contributed by atoms with Gasteiger partial charge in [-0.2, -0.15) is 10.1 Å². The average Bonchev–Trinajstić information content (AvgIpc) is 3.26. The number of benzene rings is 1. The minimum absolute atomic E-state index is 0.0330. The van der Waals surface area contributed by atoms with E-state index in [2.05, 4.69) is 10.1 Å². The number of aryl methyl sites for hydroxylation is 1. The van der Waals surface area contributed by atoms with Gasteiger partial charge in [0.15, 0.2) is 0 Å². The first-order chi connectivity index (χ1) is 15.0. The lowest BCUT2D eigenvalue weighted by atomic mass is 9.94. The van der Waals surface area contributed by atoms with E-state index in [0.29, 0.717) is 17.2 Å². The highest BCUT2D eigenvalue weighted by molar-refractivity contribution is 5.93. The predicted octanol–water partition coefficient (Wildman–Crippen LogP) is 2.85. The number of ether oxygens (including phenoxy) is 1. The summed E-state index contributed by atoms with van der Waals surface area (Å²) in [6.45, 7) is 7.61. The van der Waals surface area contributed by atoms with Crippen molar-refractivity contribution < 1.29 is 14.3 Å². The molecule has 8 heteroatoms. The summed E-state index contributed by atoms with van der Waals surface area (Å²) in [5.41, 5.74) is 3.21. The Morgan fingerprint density at radius 1 is 1.10 bits per heavy atom. The number of allylic oxidation sites excluding steroid dienone is 1. The molecule has 1 aromatic heterocycles. The Morgan fingerprint density at radius 2 is 1.81 bits per heavy atom. The van der Waals surface area contributed by atoms with E-state index < -0.39 is 12.0 Å². The van der Waals surface area contributed by atoms with Gasteiger partial charge in [0.05, 0.1) is 12.2 Å². The average molecular weight is 424 g/mol. The van der Waals surface area contributed by atoms with E-state index in [1.54, 1.807) is 16.5 Å². The fourth-order valence-electron chi connectivity index (χ4n) is 4.33. The highest BCUT2D eigenvalue weighted by Gasteiger charge is 2.38. The molecule has 31 heavy (non-hydrogen) atoms. The number of nitrogens with zero attached hydrogens (tertiary/aromatic N) is 5. The SMILES string of the molecule is CCOC(=O)C1=C(C)N(CC(=O)N2CCCCC2)c2ncnn2[C@H]1c1ccc(C)cc1. The summed E-state index contributed by atoms with van der Waals surface area (Å²) >= 11 is 0. The normalized spacial score (nSPS) is 18.7. The topological polar surface area (TPSA) is 80.6 Å². The number of aromatic nitrogens is 3. The van der Waals surface area contributed by atoms with Gasteiger partial charge in [0.2, 0.25) is 11.9 Å². The second kappa shape index (κ2) is 8.91. The monoisotopic (exact) mass is 423 g/mol. The molecule has 0 unspecified atom stereocenters. The molecule has 1 fully saturated rings. The molecule has 1 saturated heterocycles. The number of hydrogen-bond acceptors (Lipinski definition) is 6. The number of carbonyl (C=O) groups is 2. The molecule has 0 spiro atoms. The number of anilines is 1. The number of fused-ring (bicyclic) bond motifs is 1. The molecule has 8 nitrogen and oxygen atoms in total. The van der Waals surface area contributed by atoms with Crippen molar-refractivity contribution >= 4 is 17.8 Å². The maximum atomic E-state index is 13.1. The molecular weight excluding hydrogens is 394 g/mol. The van der Waals surface area contributed by atoms with E-state index in [0.717, 1.165) is 43.5 Å². The molecule has 0 saturated carbocycles. The maximum absolute atomic E-state index is 13.1. The second-order valence-corrected chi connectivity index (χ2v) is 8.06. The van der Waals surface area contributed by atoms with Crippen LogP contribution in [0.5, 0.6) is 0 Å². The Kier molecular flexibility index (Phi) is 6.06. The van der Waals surface area contributed by atoms with Crippen LogP contribution in [0.2, 0.25) is 0 Å². The number of rotatable bonds is 5. The zero-order valence-corrected chi connectivity index (χ0v) is 18.4. The van der Waals surface area contributed by atoms with Crippen LogP contribution in [0.1, 0.15) is 50.3 Å². The van der Waals surface area contributed by atoms with Crippen LogP contribution in [0.4, 0.5) is 5.95 Å². The molecule has 3 heterocycles. The van der Waals surface area contributed by atoms with Gasteiger partial charge in [0.25, 0.3) is 0 Å². The standard InChI is InChI=1S/C23H29N5O3/c1-4-31-22(30)20-17(3)27(14-19(29)26-12-6-5-7-13-26)23-24-15-25-28(23)21(20)18-10-8-16(2)9-11-18/h8-11,15,21H,4-7,12-14H2,1-3H3/t21-/m0/s1. The first-order valence-electron chi connectivity index (χ1n) is 10.9. The van der Waals surface area contributed by atoms with Crippen molar-refractivity contribution in [3.63, 3.8) is 0 Å². The fourth-order valence-corrected chi connectivity index (χ4v) is 4.33. The molecular formula is C23H29N5O3. The lowest BCUT2D eigenvalue weighted by Crippen LogP contribution is -2.45. The first-order valence-corrected chi connectivity index (χ1v) is 10.9. The molecule has 164 valence electrons. The number of amides is 1. The molecule has 2 aromatic rings. The van der Waals surface area contributed by atoms with Gasteiger partial charge in [-0.3, -0.25) is 4.79 Å². The lowest BCUT2D eigenvalue weighted by Gasteiger charge is -2.36. The molecule has 0 radical (unpaired) electrons. The van der Waals surface area contributed by atoms with Crippen LogP contribution in [0, 0.1) is 6.92 Å². The van der Waals surface area contributed by atoms with Gasteiger partial charge < -0.3 is 14.5 Å². The Labute approximate surface area is 182 Å². The summed E-state index contributed by atoms with van der Waals surface area (Å²) in [5, 5.41) is 4.43. The Balaban J connectivity index is 1.75. The quantitative estimate of drug-likeness (QED) is 0.688. The minimum Gasteiger partial charge on any atom is -0.463 e. The molecule has 0 N–H and O–H groups in total. The van der Waals surface area contributed by atoms with Crippen LogP contribution in [-0.2, 0) is 14.3 Å². The van der Waals surface area contributed by atoms with E-state index in [1.165, 1.54) is 6.33 Å². The van der Waals surface area contributed by atoms with Gasteiger partial charge in [0.1, 0.15) is 18.9 Å². The summed E-state index contributed by atoms with van der Waals surface area (Å²) in [6, 6.07) is 7.55. The van der Waals surface area contributed by atoms with Crippen LogP contribution in [0.15, 0.2) is 41.9 Å². The van der Waals surface area contributed by atoms with Crippen LogP contribution in [0.3, 0.4) is 0 Å². The molecule has 1 aromatic carbocycles. The summed E-state index contributed by atoms with van der Waals surface area (Å²) < 4.78 is 7.12. The van der Waals surface area contributed by atoms with Gasteiger partial charge in [-0.05, 0) is 45.6 Å². The van der Waals surface area contributed by atoms with Crippen molar-refractivity contribution in [3.8, 4) is 0 Å². The Hall–Kier alpha value is -3.16. The third-order valence-electron chi connectivity index (χ3n) is 6.00. The largest absolute Gasteiger partial charge is 0.463 e. The molecule has 0 bridgehead atoms. The lowest BCUT2D eigenvalue weighted by molar-refractivity contribution is -0.139. The summed E-state index contributed by atoms with van der Waals surface area (Å²) in [4.78, 5) is 34.2. The van der Waals surface area contributed by atoms with Gasteiger partial charge in [-0.15, -0.1) is 0 Å². The van der Waals surface area contributed by atoms with Crippen molar-refractivity contribution in [1.82, 2.24) is 19.7 Å². The third kappa shape index (κ3) is 4.06. The molecule has 1 atom stereocenters. The van der Waals surface area contributed by atoms with Gasteiger partial charge in [-0.25, -0.2) is 9.48 Å². The van der Waals surface area contributed by atoms with Crippen molar-refractivity contribution in [2.75, 3.05) is 31.1 Å². The van der Waals surface area contributed by atoms with Crippen LogP contribution < -0.4 is 4.90 Å². The number of likely N-dealkylation sites (tertiary alicyclic amines) is 1. The number of carbonyl (C=O) groups excluding carboxylic acids is 2. The van der Waals surface area contributed by atoms with Gasteiger partial charge in [0, 0.05) is 18.8 Å². The van der Waals surface area contributed by atoms with E-state index in [9.17, 15) is 9.59 Å². The van der Waals surface area contributed by atoms with E-state index in [1.807, 2.05) is 43.0 Å². The second-order valence-electron chi connectivity index (χ2n) is 8.06. The molecule has 0 aliphatic carbocycles. The van der Waals surface area contributed by atoms with Crippen LogP contribution in [0.25, 0.3) is 0 Å². The van der Waals surface area contributed by atoms with E-state index in [-0.39, 0.29) is 19.1 Å². The number of hydrogen-bond donors (Lipinski definition) is 0. The van der Waals surface area contributed by atoms with Crippen molar-refractivity contribution in [1.29, 1.82) is 0 Å². The summed E-state index contributed by atoms with van der Waals surface area (Å²) in [7, 11) is 0. The zero-order valence-electron chi connectivity index (χ0n) is 18.4. The van der Waals surface area contributed by atoms with Crippen LogP contribution in [-0.4, -0.2) is 57.8 Å². The van der Waals surface area contributed by atoms with E-state index in [4.69, 9.17) is 4.74 Å². The molecule has 2 aliphatic rings. The highest BCUT2D eigenvalue weighted by Crippen LogP contribution is 2.38. The fraction of sp³-hybridized carbons (Fsp3) is 0.478. The Bertz CT molecular complexity index is 989. The van der Waals surface area contributed by atoms with Gasteiger partial charge >= 0.3 is 5.97 Å². The van der Waals surface area contributed by atoms with Crippen molar-refractivity contribution in [2.45, 2.75) is 46.1 Å². The Morgan fingerprint density at radius 3 is 2.48 bits per heavy atom. The first kappa shape index (κ1) is 21.1. The van der Waals surface area contributed by atoms with Crippen molar-refractivity contribution in [3.05, 3.63) is 53.0 Å². The highest BCUT2D eigenvalue weighted by atomic mass is 16.5. The number of piperidine rings is 1. The molecule has 4 rings (SSSR count). The molecule has 2 aliphatic heterocycles. The summed E-state index contributed by atoms with van der Waals surface area (Å²) in [6.07, 6.45) is 4.68. The predicted molar refractivity (Wildman–Crippen MR) is 116 cm³/mol. The minimum atomic E-state index is -0.460. The van der Waals surface area contributed by atoms with Crippen molar-refractivity contribution in [2.24, 2.45) is 0 Å². The molecule has 1 amide bonds. The number of esters is 1. The maximum Gasteiger partial charge on any atom is 0.338 e. The van der Waals surface area contributed by atoms with Gasteiger partial charge in [-0.1, -0.05) is 29.8 Å². The zero-order chi connectivity index (χ0) is 22.0. The summed E-state index contributed by atoms with van der Waals surface area (Å²) in [5.74, 6) is 0.189.